The number of aromatic nitrogens is 4. The van der Waals surface area contributed by atoms with Gasteiger partial charge in [-0.05, 0) is 62.8 Å². The molecule has 2 aromatic heterocycles. The van der Waals surface area contributed by atoms with Crippen molar-refractivity contribution in [2.75, 3.05) is 29.4 Å². The van der Waals surface area contributed by atoms with Gasteiger partial charge in [-0.15, -0.1) is 0 Å². The fourth-order valence-electron chi connectivity index (χ4n) is 7.26. The van der Waals surface area contributed by atoms with Crippen molar-refractivity contribution >= 4 is 17.5 Å². The number of hydrogen-bond donors (Lipinski definition) is 3. The van der Waals surface area contributed by atoms with Gasteiger partial charge in [0.15, 0.2) is 5.69 Å². The quantitative estimate of drug-likeness (QED) is 0.586. The Balaban J connectivity index is 1.13. The van der Waals surface area contributed by atoms with Crippen molar-refractivity contribution in [3.8, 4) is 0 Å². The maximum Gasteiger partial charge on any atom is 0.437 e. The van der Waals surface area contributed by atoms with Crippen LogP contribution in [-0.4, -0.2) is 68.5 Å². The third-order valence-electron chi connectivity index (χ3n) is 8.53. The molecule has 194 valence electrons. The lowest BCUT2D eigenvalue weighted by molar-refractivity contribution is -0.140. The van der Waals surface area contributed by atoms with E-state index < -0.39 is 17.5 Å². The van der Waals surface area contributed by atoms with Gasteiger partial charge in [-0.1, -0.05) is 0 Å². The minimum Gasteiger partial charge on any atom is -0.390 e. The van der Waals surface area contributed by atoms with E-state index in [4.69, 9.17) is 0 Å². The first-order valence-electron chi connectivity index (χ1n) is 12.6. The zero-order chi connectivity index (χ0) is 25.2. The molecule has 0 aromatic carbocycles. The van der Waals surface area contributed by atoms with Crippen molar-refractivity contribution in [3.63, 3.8) is 0 Å². The molecule has 4 bridgehead atoms. The zero-order valence-corrected chi connectivity index (χ0v) is 20.0. The van der Waals surface area contributed by atoms with Crippen molar-refractivity contribution in [3.05, 3.63) is 29.8 Å². The van der Waals surface area contributed by atoms with Gasteiger partial charge in [-0.3, -0.25) is 9.89 Å². The maximum absolute atomic E-state index is 13.3. The van der Waals surface area contributed by atoms with Crippen LogP contribution in [0.25, 0.3) is 0 Å². The second-order valence-electron chi connectivity index (χ2n) is 11.0. The average Bonchev–Trinajstić information content (AvgIpc) is 3.31. The lowest BCUT2D eigenvalue weighted by Gasteiger charge is -2.58. The molecular weight excluding hydrogens is 475 g/mol. The van der Waals surface area contributed by atoms with Crippen molar-refractivity contribution in [1.82, 2.24) is 25.5 Å². The molecule has 7 rings (SSSR count). The van der Waals surface area contributed by atoms with E-state index in [9.17, 15) is 23.1 Å². The third-order valence-corrected chi connectivity index (χ3v) is 8.53. The Labute approximate surface area is 206 Å². The Kier molecular flexibility index (Phi) is 5.43. The summed E-state index contributed by atoms with van der Waals surface area (Å²) in [5.41, 5.74) is -1.18. The minimum atomic E-state index is -4.53. The summed E-state index contributed by atoms with van der Waals surface area (Å²) >= 11 is 0. The van der Waals surface area contributed by atoms with E-state index in [-0.39, 0.29) is 29.4 Å². The Morgan fingerprint density at radius 2 is 1.97 bits per heavy atom. The van der Waals surface area contributed by atoms with Crippen molar-refractivity contribution in [2.45, 2.75) is 62.9 Å². The fraction of sp³-hybridized carbons (Fsp3) is 0.667. The van der Waals surface area contributed by atoms with Crippen LogP contribution in [0.1, 0.15) is 55.2 Å². The number of nitrogens with zero attached hydrogens (tertiary/aromatic N) is 5. The van der Waals surface area contributed by atoms with Crippen LogP contribution in [0, 0.1) is 17.8 Å². The number of piperazine rings is 1. The van der Waals surface area contributed by atoms with Gasteiger partial charge in [0.1, 0.15) is 5.69 Å². The molecular formula is C24H30F3N7O2. The van der Waals surface area contributed by atoms with E-state index in [1.54, 1.807) is 17.2 Å². The summed E-state index contributed by atoms with van der Waals surface area (Å²) in [5, 5.41) is 19.7. The summed E-state index contributed by atoms with van der Waals surface area (Å²) in [7, 11) is 0. The number of rotatable bonds is 4. The van der Waals surface area contributed by atoms with Crippen LogP contribution >= 0.6 is 0 Å². The average molecular weight is 506 g/mol. The van der Waals surface area contributed by atoms with Crippen molar-refractivity contribution in [1.29, 1.82) is 0 Å². The van der Waals surface area contributed by atoms with Gasteiger partial charge in [-0.25, -0.2) is 9.97 Å². The number of nitrogens with one attached hydrogen (secondary N) is 2. The number of aromatic amines is 1. The van der Waals surface area contributed by atoms with Gasteiger partial charge in [0.2, 0.25) is 5.95 Å². The minimum absolute atomic E-state index is 0.0309. The van der Waals surface area contributed by atoms with Crippen LogP contribution < -0.4 is 15.1 Å². The van der Waals surface area contributed by atoms with Crippen LogP contribution in [0.3, 0.4) is 0 Å². The summed E-state index contributed by atoms with van der Waals surface area (Å²) in [6.45, 7) is 2.97. The number of alkyl halides is 3. The molecule has 3 N–H and O–H groups in total. The Morgan fingerprint density at radius 3 is 2.64 bits per heavy atom. The molecule has 9 nitrogen and oxygen atoms in total. The van der Waals surface area contributed by atoms with Crippen molar-refractivity contribution < 1.29 is 23.1 Å². The highest BCUT2D eigenvalue weighted by Crippen LogP contribution is 2.55. The molecule has 1 amide bonds. The largest absolute Gasteiger partial charge is 0.437 e. The molecule has 2 aromatic rings. The molecule has 36 heavy (non-hydrogen) atoms. The highest BCUT2D eigenvalue weighted by molar-refractivity contribution is 5.92. The zero-order valence-electron chi connectivity index (χ0n) is 20.0. The molecule has 4 aliphatic carbocycles. The van der Waals surface area contributed by atoms with Crippen LogP contribution in [0.4, 0.5) is 24.8 Å². The molecule has 4 saturated carbocycles. The van der Waals surface area contributed by atoms with Gasteiger partial charge in [0.25, 0.3) is 5.91 Å². The monoisotopic (exact) mass is 505 g/mol. The standard InChI is InChI=1S/C24H30F3N7O2/c1-13-12-33(18-11-29-32-20(18)24(25,26)27)4-5-34(13)22-28-3-2-17(30-22)21(35)31-19-15-6-14-7-16(19)10-23(36,8-14)9-15/h2-3,11,13-16,19,36H,4-10,12H2,1H3,(H,29,32)(H,31,35)/t13-,14?,15?,16?,19?,23?/m1/s1. The normalized spacial score (nSPS) is 33.8. The molecule has 3 atom stereocenters. The van der Waals surface area contributed by atoms with E-state index in [1.165, 1.54) is 6.20 Å². The van der Waals surface area contributed by atoms with E-state index in [1.807, 2.05) is 11.8 Å². The molecule has 0 spiro atoms. The second kappa shape index (κ2) is 8.32. The number of hydrogen-bond acceptors (Lipinski definition) is 7. The predicted octanol–water partition coefficient (Wildman–Crippen LogP) is 2.60. The first-order chi connectivity index (χ1) is 17.1. The first kappa shape index (κ1) is 23.5. The number of amides is 1. The lowest BCUT2D eigenvalue weighted by atomic mass is 9.52. The molecule has 3 heterocycles. The third kappa shape index (κ3) is 4.08. The van der Waals surface area contributed by atoms with E-state index >= 15 is 0 Å². The molecule has 1 saturated heterocycles. The summed E-state index contributed by atoms with van der Waals surface area (Å²) < 4.78 is 39.9. The number of carbonyl (C=O) groups excluding carboxylic acids is 1. The molecule has 12 heteroatoms. The topological polar surface area (TPSA) is 110 Å². The molecule has 1 aliphatic heterocycles. The van der Waals surface area contributed by atoms with Crippen molar-refractivity contribution in [2.24, 2.45) is 17.8 Å². The summed E-state index contributed by atoms with van der Waals surface area (Å²) in [4.78, 5) is 25.6. The molecule has 5 fully saturated rings. The molecule has 5 aliphatic rings. The van der Waals surface area contributed by atoms with E-state index in [0.717, 1.165) is 32.1 Å². The van der Waals surface area contributed by atoms with Crippen LogP contribution in [-0.2, 0) is 6.18 Å². The summed E-state index contributed by atoms with van der Waals surface area (Å²) in [5.74, 6) is 1.29. The van der Waals surface area contributed by atoms with Crippen LogP contribution in [0.15, 0.2) is 18.5 Å². The van der Waals surface area contributed by atoms with Gasteiger partial charge >= 0.3 is 6.18 Å². The summed E-state index contributed by atoms with van der Waals surface area (Å²) in [6, 6.07) is 1.45. The van der Waals surface area contributed by atoms with E-state index in [2.05, 4.69) is 25.5 Å². The second-order valence-corrected chi connectivity index (χ2v) is 11.0. The predicted molar refractivity (Wildman–Crippen MR) is 124 cm³/mol. The van der Waals surface area contributed by atoms with Gasteiger partial charge in [0, 0.05) is 44.1 Å². The Morgan fingerprint density at radius 1 is 1.22 bits per heavy atom. The highest BCUT2D eigenvalue weighted by Gasteiger charge is 2.55. The number of halogens is 3. The number of anilines is 2. The Hall–Kier alpha value is -2.89. The molecule has 2 unspecified atom stereocenters. The summed E-state index contributed by atoms with van der Waals surface area (Å²) in [6.07, 6.45) is 2.77. The smallest absolute Gasteiger partial charge is 0.390 e. The van der Waals surface area contributed by atoms with Gasteiger partial charge in [0.05, 0.1) is 11.3 Å². The van der Waals surface area contributed by atoms with Crippen LogP contribution in [0.2, 0.25) is 0 Å². The highest BCUT2D eigenvalue weighted by atomic mass is 19.4. The van der Waals surface area contributed by atoms with E-state index in [0.29, 0.717) is 43.3 Å². The Bertz CT molecular complexity index is 1140. The first-order valence-corrected chi connectivity index (χ1v) is 12.6. The lowest BCUT2D eigenvalue weighted by Crippen LogP contribution is -2.61. The number of aliphatic hydroxyl groups is 1. The molecule has 0 radical (unpaired) electrons. The number of H-pyrrole nitrogens is 1. The van der Waals surface area contributed by atoms with Gasteiger partial charge in [-0.2, -0.15) is 18.3 Å². The van der Waals surface area contributed by atoms with Crippen LogP contribution in [0.5, 0.6) is 0 Å². The van der Waals surface area contributed by atoms with Gasteiger partial charge < -0.3 is 20.2 Å². The fourth-order valence-corrected chi connectivity index (χ4v) is 7.26. The number of carbonyl (C=O) groups is 1. The maximum atomic E-state index is 13.3. The SMILES string of the molecule is C[C@@H]1CN(c2c[nH]nc2C(F)(F)F)CCN1c1nccc(C(=O)NC2C3CC4CC2CC(O)(C4)C3)n1.